The second-order valence-electron chi connectivity index (χ2n) is 3.19. The predicted molar refractivity (Wildman–Crippen MR) is 49.6 cm³/mol. The third-order valence-electron chi connectivity index (χ3n) is 2.30. The number of hydrogen-bond donors (Lipinski definition) is 1. The molecule has 1 aliphatic heterocycles. The molecule has 2 heterocycles. The summed E-state index contributed by atoms with van der Waals surface area (Å²) in [7, 11) is 0. The molecular formula is C9H12N2O2. The van der Waals surface area contributed by atoms with Crippen LogP contribution in [0.3, 0.4) is 0 Å². The Hall–Kier alpha value is -1.29. The van der Waals surface area contributed by atoms with Crippen molar-refractivity contribution >= 4 is 5.69 Å². The summed E-state index contributed by atoms with van der Waals surface area (Å²) in [4.78, 5) is 11.5. The maximum absolute atomic E-state index is 11.5. The molecule has 0 amide bonds. The van der Waals surface area contributed by atoms with Crippen LogP contribution in [0.2, 0.25) is 0 Å². The van der Waals surface area contributed by atoms with Gasteiger partial charge in [-0.15, -0.1) is 0 Å². The van der Waals surface area contributed by atoms with Crippen molar-refractivity contribution in [3.05, 3.63) is 28.7 Å². The van der Waals surface area contributed by atoms with Gasteiger partial charge >= 0.3 is 0 Å². The first-order chi connectivity index (χ1) is 6.29. The van der Waals surface area contributed by atoms with Crippen LogP contribution < -0.4 is 11.3 Å². The Labute approximate surface area is 75.9 Å². The second kappa shape index (κ2) is 3.22. The minimum Gasteiger partial charge on any atom is -0.394 e. The molecule has 0 aliphatic carbocycles. The maximum atomic E-state index is 11.5. The Balaban J connectivity index is 2.39. The molecule has 2 rings (SSSR count). The van der Waals surface area contributed by atoms with E-state index in [1.54, 1.807) is 22.9 Å². The fraction of sp³-hybridized carbons (Fsp3) is 0.444. The molecule has 1 atom stereocenters. The first-order valence-electron chi connectivity index (χ1n) is 4.33. The summed E-state index contributed by atoms with van der Waals surface area (Å²) in [5.74, 6) is 0. The molecule has 70 valence electrons. The highest BCUT2D eigenvalue weighted by atomic mass is 16.5. The molecule has 13 heavy (non-hydrogen) atoms. The van der Waals surface area contributed by atoms with Gasteiger partial charge in [0.25, 0.3) is 5.56 Å². The number of nitrogens with zero attached hydrogens (tertiary/aromatic N) is 1. The average molecular weight is 180 g/mol. The van der Waals surface area contributed by atoms with Crippen LogP contribution in [0.5, 0.6) is 0 Å². The zero-order valence-corrected chi connectivity index (χ0v) is 7.27. The van der Waals surface area contributed by atoms with Crippen molar-refractivity contribution in [1.29, 1.82) is 0 Å². The van der Waals surface area contributed by atoms with Gasteiger partial charge in [0, 0.05) is 12.8 Å². The van der Waals surface area contributed by atoms with Gasteiger partial charge in [0.2, 0.25) is 0 Å². The number of hydrogen-bond acceptors (Lipinski definition) is 3. The van der Waals surface area contributed by atoms with Gasteiger partial charge in [-0.2, -0.15) is 0 Å². The maximum Gasteiger partial charge on any atom is 0.273 e. The zero-order chi connectivity index (χ0) is 9.26. The zero-order valence-electron chi connectivity index (χ0n) is 7.27. The first kappa shape index (κ1) is 8.31. The van der Waals surface area contributed by atoms with Gasteiger partial charge in [-0.3, -0.25) is 4.79 Å². The van der Waals surface area contributed by atoms with E-state index in [0.29, 0.717) is 12.3 Å². The average Bonchev–Trinajstić information content (AvgIpc) is 2.62. The van der Waals surface area contributed by atoms with Crippen molar-refractivity contribution in [3.8, 4) is 0 Å². The Morgan fingerprint density at radius 1 is 1.62 bits per heavy atom. The summed E-state index contributed by atoms with van der Waals surface area (Å²) in [6.07, 6.45) is 2.65. The Kier molecular flexibility index (Phi) is 2.06. The van der Waals surface area contributed by atoms with E-state index in [-0.39, 0.29) is 11.6 Å². The predicted octanol–water partition coefficient (Wildman–Crippen LogP) is 0.392. The fourth-order valence-corrected chi connectivity index (χ4v) is 1.56. The third kappa shape index (κ3) is 1.45. The van der Waals surface area contributed by atoms with E-state index in [4.69, 9.17) is 10.5 Å². The van der Waals surface area contributed by atoms with E-state index in [2.05, 4.69) is 0 Å². The molecular weight excluding hydrogens is 168 g/mol. The molecule has 4 heteroatoms. The van der Waals surface area contributed by atoms with E-state index in [1.165, 1.54) is 0 Å². The lowest BCUT2D eigenvalue weighted by atomic mass is 10.2. The number of nitrogens with two attached hydrogens (primary N) is 1. The quantitative estimate of drug-likeness (QED) is 0.680. The minimum atomic E-state index is -0.113. The lowest BCUT2D eigenvalue weighted by molar-refractivity contribution is 0.186. The Morgan fingerprint density at radius 2 is 2.46 bits per heavy atom. The molecule has 4 nitrogen and oxygen atoms in total. The standard InChI is InChI=1S/C9H12N2O2/c10-8-2-1-4-11(9(8)12)7-3-5-13-6-7/h1-2,4,7H,3,5-6,10H2. The monoisotopic (exact) mass is 180 g/mol. The molecule has 0 bridgehead atoms. The highest BCUT2D eigenvalue weighted by Gasteiger charge is 2.18. The highest BCUT2D eigenvalue weighted by molar-refractivity contribution is 5.33. The topological polar surface area (TPSA) is 57.2 Å². The summed E-state index contributed by atoms with van der Waals surface area (Å²) >= 11 is 0. The van der Waals surface area contributed by atoms with Crippen LogP contribution in [0.1, 0.15) is 12.5 Å². The van der Waals surface area contributed by atoms with E-state index >= 15 is 0 Å². The molecule has 1 fully saturated rings. The van der Waals surface area contributed by atoms with Crippen molar-refractivity contribution in [2.45, 2.75) is 12.5 Å². The van der Waals surface area contributed by atoms with E-state index < -0.39 is 0 Å². The summed E-state index contributed by atoms with van der Waals surface area (Å²) in [6, 6.07) is 3.57. The van der Waals surface area contributed by atoms with Gasteiger partial charge in [0.1, 0.15) is 0 Å². The first-order valence-corrected chi connectivity index (χ1v) is 4.33. The molecule has 0 saturated carbocycles. The highest BCUT2D eigenvalue weighted by Crippen LogP contribution is 2.16. The Morgan fingerprint density at radius 3 is 3.15 bits per heavy atom. The molecule has 0 radical (unpaired) electrons. The van der Waals surface area contributed by atoms with Crippen molar-refractivity contribution < 1.29 is 4.74 Å². The SMILES string of the molecule is Nc1cccn(C2CCOC2)c1=O. The normalized spacial score (nSPS) is 22.0. The summed E-state index contributed by atoms with van der Waals surface area (Å²) in [6.45, 7) is 1.34. The minimum absolute atomic E-state index is 0.113. The second-order valence-corrected chi connectivity index (χ2v) is 3.19. The molecule has 0 aromatic carbocycles. The van der Waals surface area contributed by atoms with Crippen LogP contribution in [0.4, 0.5) is 5.69 Å². The molecule has 1 aliphatic rings. The lowest BCUT2D eigenvalue weighted by Crippen LogP contribution is -2.26. The number of ether oxygens (including phenoxy) is 1. The van der Waals surface area contributed by atoms with Crippen LogP contribution >= 0.6 is 0 Å². The van der Waals surface area contributed by atoms with Gasteiger partial charge in [-0.1, -0.05) is 0 Å². The smallest absolute Gasteiger partial charge is 0.273 e. The van der Waals surface area contributed by atoms with Gasteiger partial charge in [0.05, 0.1) is 18.3 Å². The number of rotatable bonds is 1. The van der Waals surface area contributed by atoms with Crippen molar-refractivity contribution in [2.75, 3.05) is 18.9 Å². The lowest BCUT2D eigenvalue weighted by Gasteiger charge is -2.11. The van der Waals surface area contributed by atoms with Gasteiger partial charge in [0.15, 0.2) is 0 Å². The molecule has 1 unspecified atom stereocenters. The molecule has 1 aromatic heterocycles. The number of nitrogen functional groups attached to an aromatic ring is 1. The van der Waals surface area contributed by atoms with Gasteiger partial charge in [-0.25, -0.2) is 0 Å². The van der Waals surface area contributed by atoms with Crippen LogP contribution in [-0.2, 0) is 4.74 Å². The largest absolute Gasteiger partial charge is 0.394 e. The summed E-state index contributed by atoms with van der Waals surface area (Å²) in [5.41, 5.74) is 5.70. The Bertz CT molecular complexity index is 353. The summed E-state index contributed by atoms with van der Waals surface area (Å²) < 4.78 is 6.86. The molecule has 1 aromatic rings. The summed E-state index contributed by atoms with van der Waals surface area (Å²) in [5, 5.41) is 0. The molecule has 0 spiro atoms. The fourth-order valence-electron chi connectivity index (χ4n) is 1.56. The third-order valence-corrected chi connectivity index (χ3v) is 2.30. The number of anilines is 1. The van der Waals surface area contributed by atoms with Crippen LogP contribution in [0.15, 0.2) is 23.1 Å². The van der Waals surface area contributed by atoms with Crippen molar-refractivity contribution in [2.24, 2.45) is 0 Å². The van der Waals surface area contributed by atoms with E-state index in [9.17, 15) is 4.79 Å². The van der Waals surface area contributed by atoms with E-state index in [0.717, 1.165) is 13.0 Å². The van der Waals surface area contributed by atoms with Crippen molar-refractivity contribution in [3.63, 3.8) is 0 Å². The van der Waals surface area contributed by atoms with Crippen molar-refractivity contribution in [1.82, 2.24) is 4.57 Å². The number of aromatic nitrogens is 1. The van der Waals surface area contributed by atoms with Gasteiger partial charge < -0.3 is 15.0 Å². The van der Waals surface area contributed by atoms with E-state index in [1.807, 2.05) is 0 Å². The number of pyridine rings is 1. The van der Waals surface area contributed by atoms with Crippen LogP contribution in [0.25, 0.3) is 0 Å². The van der Waals surface area contributed by atoms with Crippen LogP contribution in [0, 0.1) is 0 Å². The molecule has 1 saturated heterocycles. The molecule has 2 N–H and O–H groups in total. The van der Waals surface area contributed by atoms with Gasteiger partial charge in [-0.05, 0) is 18.6 Å². The van der Waals surface area contributed by atoms with Crippen LogP contribution in [-0.4, -0.2) is 17.8 Å².